The average Bonchev–Trinajstić information content (AvgIpc) is 2.90. The molecule has 1 aliphatic rings. The second-order valence-corrected chi connectivity index (χ2v) is 5.25. The number of nitrogens with one attached hydrogen (secondary N) is 1. The molecule has 1 aliphatic heterocycles. The molecule has 1 saturated heterocycles. The highest BCUT2D eigenvalue weighted by molar-refractivity contribution is 4.80. The minimum absolute atomic E-state index is 0.650. The van der Waals surface area contributed by atoms with Gasteiger partial charge in [0.1, 0.15) is 0 Å². The summed E-state index contributed by atoms with van der Waals surface area (Å²) in [6.07, 6.45) is 3.84. The van der Waals surface area contributed by atoms with Gasteiger partial charge in [-0.15, -0.1) is 0 Å². The minimum atomic E-state index is 0.650. The molecular formula is C15H32N2O3. The predicted molar refractivity (Wildman–Crippen MR) is 81.3 cm³/mol. The van der Waals surface area contributed by atoms with Crippen LogP contribution in [0.3, 0.4) is 0 Å². The number of likely N-dealkylation sites (tertiary alicyclic amines) is 1. The Bertz CT molecular complexity index is 217. The van der Waals surface area contributed by atoms with E-state index in [1.54, 1.807) is 7.11 Å². The van der Waals surface area contributed by atoms with Crippen molar-refractivity contribution in [2.24, 2.45) is 0 Å². The lowest BCUT2D eigenvalue weighted by atomic mass is 10.2. The van der Waals surface area contributed by atoms with Crippen LogP contribution in [-0.2, 0) is 14.2 Å². The molecule has 0 aliphatic carbocycles. The first-order chi connectivity index (χ1) is 9.88. The first kappa shape index (κ1) is 17.9. The summed E-state index contributed by atoms with van der Waals surface area (Å²) in [6.45, 7) is 10.1. The van der Waals surface area contributed by atoms with Crippen molar-refractivity contribution >= 4 is 0 Å². The quantitative estimate of drug-likeness (QED) is 0.515. The van der Waals surface area contributed by atoms with Gasteiger partial charge in [0.2, 0.25) is 0 Å². The second kappa shape index (κ2) is 12.5. The van der Waals surface area contributed by atoms with E-state index >= 15 is 0 Å². The Kier molecular flexibility index (Phi) is 11.2. The molecule has 0 saturated carbocycles. The molecule has 1 unspecified atom stereocenters. The first-order valence-corrected chi connectivity index (χ1v) is 7.97. The van der Waals surface area contributed by atoms with Crippen LogP contribution in [-0.4, -0.2) is 77.3 Å². The fraction of sp³-hybridized carbons (Fsp3) is 1.00. The standard InChI is InChI=1S/C15H32N2O3/c1-3-6-16-14-15-5-4-7-17(15)8-9-19-12-13-20-11-10-18-2/h15-16H,3-14H2,1-2H3. The zero-order valence-corrected chi connectivity index (χ0v) is 13.2. The summed E-state index contributed by atoms with van der Waals surface area (Å²) in [5.74, 6) is 0. The molecule has 1 fully saturated rings. The van der Waals surface area contributed by atoms with Gasteiger partial charge in [0.25, 0.3) is 0 Å². The average molecular weight is 288 g/mol. The summed E-state index contributed by atoms with van der Waals surface area (Å²) in [7, 11) is 1.68. The molecule has 0 amide bonds. The van der Waals surface area contributed by atoms with Gasteiger partial charge in [0.15, 0.2) is 0 Å². The third kappa shape index (κ3) is 8.17. The van der Waals surface area contributed by atoms with Crippen LogP contribution in [0.4, 0.5) is 0 Å². The minimum Gasteiger partial charge on any atom is -0.382 e. The fourth-order valence-electron chi connectivity index (χ4n) is 2.51. The molecule has 0 bridgehead atoms. The van der Waals surface area contributed by atoms with Crippen LogP contribution in [0.15, 0.2) is 0 Å². The van der Waals surface area contributed by atoms with Crippen molar-refractivity contribution in [3.63, 3.8) is 0 Å². The van der Waals surface area contributed by atoms with E-state index < -0.39 is 0 Å². The SMILES string of the molecule is CCCNCC1CCCN1CCOCCOCCOC. The fourth-order valence-corrected chi connectivity index (χ4v) is 2.51. The van der Waals surface area contributed by atoms with E-state index in [0.29, 0.717) is 32.5 Å². The summed E-state index contributed by atoms with van der Waals surface area (Å²) in [4.78, 5) is 2.55. The van der Waals surface area contributed by atoms with Gasteiger partial charge in [-0.2, -0.15) is 0 Å². The van der Waals surface area contributed by atoms with E-state index in [1.165, 1.54) is 25.8 Å². The van der Waals surface area contributed by atoms with Crippen molar-refractivity contribution in [1.29, 1.82) is 0 Å². The lowest BCUT2D eigenvalue weighted by Crippen LogP contribution is -2.39. The Morgan fingerprint density at radius 3 is 2.60 bits per heavy atom. The molecule has 5 nitrogen and oxygen atoms in total. The van der Waals surface area contributed by atoms with Crippen molar-refractivity contribution < 1.29 is 14.2 Å². The van der Waals surface area contributed by atoms with Crippen LogP contribution in [0.25, 0.3) is 0 Å². The summed E-state index contributed by atoms with van der Waals surface area (Å²) in [5, 5.41) is 3.52. The number of rotatable bonds is 13. The number of nitrogens with zero attached hydrogens (tertiary/aromatic N) is 1. The highest BCUT2D eigenvalue weighted by atomic mass is 16.5. The van der Waals surface area contributed by atoms with E-state index in [4.69, 9.17) is 14.2 Å². The van der Waals surface area contributed by atoms with Gasteiger partial charge in [-0.1, -0.05) is 6.92 Å². The summed E-state index contributed by atoms with van der Waals surface area (Å²) in [5.41, 5.74) is 0. The molecule has 0 aromatic carbocycles. The van der Waals surface area contributed by atoms with Gasteiger partial charge >= 0.3 is 0 Å². The first-order valence-electron chi connectivity index (χ1n) is 7.97. The van der Waals surface area contributed by atoms with Gasteiger partial charge in [0.05, 0.1) is 33.0 Å². The Hall–Kier alpha value is -0.200. The maximum Gasteiger partial charge on any atom is 0.0701 e. The zero-order chi connectivity index (χ0) is 14.5. The van der Waals surface area contributed by atoms with Crippen molar-refractivity contribution in [3.05, 3.63) is 0 Å². The highest BCUT2D eigenvalue weighted by Gasteiger charge is 2.23. The molecule has 0 spiro atoms. The largest absolute Gasteiger partial charge is 0.382 e. The van der Waals surface area contributed by atoms with Crippen LogP contribution in [0.5, 0.6) is 0 Å². The second-order valence-electron chi connectivity index (χ2n) is 5.25. The number of ether oxygens (including phenoxy) is 3. The molecule has 0 aromatic heterocycles. The van der Waals surface area contributed by atoms with Crippen LogP contribution in [0.2, 0.25) is 0 Å². The van der Waals surface area contributed by atoms with Gasteiger partial charge in [-0.05, 0) is 32.4 Å². The van der Waals surface area contributed by atoms with Crippen LogP contribution in [0.1, 0.15) is 26.2 Å². The van der Waals surface area contributed by atoms with Crippen LogP contribution in [0, 0.1) is 0 Å². The summed E-state index contributed by atoms with van der Waals surface area (Å²) < 4.78 is 15.9. The number of hydrogen-bond donors (Lipinski definition) is 1. The van der Waals surface area contributed by atoms with E-state index in [9.17, 15) is 0 Å². The Balaban J connectivity index is 1.94. The van der Waals surface area contributed by atoms with Gasteiger partial charge in [-0.3, -0.25) is 4.90 Å². The maximum atomic E-state index is 5.62. The normalized spacial score (nSPS) is 19.8. The van der Waals surface area contributed by atoms with Gasteiger partial charge < -0.3 is 19.5 Å². The van der Waals surface area contributed by atoms with Crippen molar-refractivity contribution in [1.82, 2.24) is 10.2 Å². The molecule has 0 radical (unpaired) electrons. The van der Waals surface area contributed by atoms with Gasteiger partial charge in [-0.25, -0.2) is 0 Å². The van der Waals surface area contributed by atoms with Crippen LogP contribution >= 0.6 is 0 Å². The monoisotopic (exact) mass is 288 g/mol. The third-order valence-electron chi connectivity index (χ3n) is 3.63. The maximum absolute atomic E-state index is 5.62. The lowest BCUT2D eigenvalue weighted by Gasteiger charge is -2.24. The third-order valence-corrected chi connectivity index (χ3v) is 3.63. The molecule has 20 heavy (non-hydrogen) atoms. The molecule has 1 rings (SSSR count). The highest BCUT2D eigenvalue weighted by Crippen LogP contribution is 2.15. The molecule has 1 N–H and O–H groups in total. The van der Waals surface area contributed by atoms with Gasteiger partial charge in [0, 0.05) is 26.2 Å². The van der Waals surface area contributed by atoms with E-state index in [0.717, 1.165) is 26.2 Å². The van der Waals surface area contributed by atoms with E-state index in [1.807, 2.05) is 0 Å². The lowest BCUT2D eigenvalue weighted by molar-refractivity contribution is 0.0187. The van der Waals surface area contributed by atoms with Crippen molar-refractivity contribution in [2.45, 2.75) is 32.2 Å². The molecule has 0 aromatic rings. The molecule has 1 atom stereocenters. The predicted octanol–water partition coefficient (Wildman–Crippen LogP) is 1.13. The van der Waals surface area contributed by atoms with E-state index in [-0.39, 0.29) is 0 Å². The number of hydrogen-bond acceptors (Lipinski definition) is 5. The van der Waals surface area contributed by atoms with Crippen LogP contribution < -0.4 is 5.32 Å². The zero-order valence-electron chi connectivity index (χ0n) is 13.2. The smallest absolute Gasteiger partial charge is 0.0701 e. The molecule has 120 valence electrons. The Labute approximate surface area is 123 Å². The molecule has 5 heteroatoms. The summed E-state index contributed by atoms with van der Waals surface area (Å²) >= 11 is 0. The molecular weight excluding hydrogens is 256 g/mol. The molecule has 1 heterocycles. The van der Waals surface area contributed by atoms with Crippen molar-refractivity contribution in [2.75, 3.05) is 66.3 Å². The number of methoxy groups -OCH3 is 1. The Morgan fingerprint density at radius 1 is 1.10 bits per heavy atom. The van der Waals surface area contributed by atoms with E-state index in [2.05, 4.69) is 17.1 Å². The Morgan fingerprint density at radius 2 is 1.85 bits per heavy atom. The topological polar surface area (TPSA) is 43.0 Å². The summed E-state index contributed by atoms with van der Waals surface area (Å²) in [6, 6.07) is 0.697. The van der Waals surface area contributed by atoms with Crippen molar-refractivity contribution in [3.8, 4) is 0 Å².